The summed E-state index contributed by atoms with van der Waals surface area (Å²) >= 11 is 4.12. The summed E-state index contributed by atoms with van der Waals surface area (Å²) in [4.78, 5) is 23.3. The number of nitrogens with one attached hydrogen (secondary N) is 2. The van der Waals surface area contributed by atoms with Crippen LogP contribution in [0.4, 0.5) is 0 Å². The van der Waals surface area contributed by atoms with Crippen molar-refractivity contribution in [3.8, 4) is 0 Å². The molecule has 1 atom stereocenters. The highest BCUT2D eigenvalue weighted by atomic mass is 32.1. The number of carbonyl (C=O) groups excluding carboxylic acids is 2. The molecule has 0 bridgehead atoms. The topological polar surface area (TPSA) is 58.2 Å². The molecule has 0 saturated carbocycles. The second-order valence-corrected chi connectivity index (χ2v) is 3.87. The molecule has 1 aromatic carbocycles. The van der Waals surface area contributed by atoms with Crippen LogP contribution in [0.25, 0.3) is 0 Å². The van der Waals surface area contributed by atoms with E-state index in [1.807, 2.05) is 0 Å². The van der Waals surface area contributed by atoms with Gasteiger partial charge in [0.25, 0.3) is 11.8 Å². The number of hydrogen-bond acceptors (Lipinski definition) is 3. The lowest BCUT2D eigenvalue weighted by atomic mass is 10.1. The van der Waals surface area contributed by atoms with Gasteiger partial charge in [0.15, 0.2) is 0 Å². The van der Waals surface area contributed by atoms with Crippen molar-refractivity contribution >= 4 is 24.4 Å². The van der Waals surface area contributed by atoms with E-state index in [1.165, 1.54) is 0 Å². The number of fused-ring (bicyclic) bond motifs is 1. The highest BCUT2D eigenvalue weighted by molar-refractivity contribution is 7.81. The lowest BCUT2D eigenvalue weighted by Crippen LogP contribution is -2.44. The summed E-state index contributed by atoms with van der Waals surface area (Å²) in [6.07, 6.45) is 0. The van der Waals surface area contributed by atoms with Crippen molar-refractivity contribution in [2.75, 3.05) is 6.54 Å². The molecule has 1 heterocycles. The third-order valence-electron chi connectivity index (χ3n) is 2.17. The Labute approximate surface area is 92.5 Å². The summed E-state index contributed by atoms with van der Waals surface area (Å²) in [5.41, 5.74) is 0.781. The second-order valence-electron chi connectivity index (χ2n) is 3.24. The predicted octanol–water partition coefficient (Wildman–Crippen LogP) is 0.416. The van der Waals surface area contributed by atoms with Crippen molar-refractivity contribution in [3.63, 3.8) is 0 Å². The first-order valence-corrected chi connectivity index (χ1v) is 5.06. The normalized spacial score (nSPS) is 20.7. The summed E-state index contributed by atoms with van der Waals surface area (Å²) in [7, 11) is 0. The van der Waals surface area contributed by atoms with Crippen molar-refractivity contribution < 1.29 is 9.59 Å². The highest BCUT2D eigenvalue weighted by Gasteiger charge is 2.21. The minimum atomic E-state index is -0.352. The van der Waals surface area contributed by atoms with E-state index in [9.17, 15) is 9.59 Å². The maximum atomic E-state index is 11.7. The maximum absolute atomic E-state index is 11.7. The van der Waals surface area contributed by atoms with Crippen LogP contribution in [0.3, 0.4) is 0 Å². The van der Waals surface area contributed by atoms with E-state index >= 15 is 0 Å². The Hall–Kier alpha value is -1.49. The standard InChI is InChI=1S/C10H10N2O2S/c13-9-6-3-1-2-4-7(6)10(14)12-8(15)5-11-9/h1-4,8,15H,5H2,(H,11,13)(H,12,14). The Balaban J connectivity index is 2.46. The Bertz CT molecular complexity index is 420. The molecule has 2 rings (SSSR count). The molecule has 0 fully saturated rings. The van der Waals surface area contributed by atoms with Crippen LogP contribution in [0.15, 0.2) is 24.3 Å². The fraction of sp³-hybridized carbons (Fsp3) is 0.200. The van der Waals surface area contributed by atoms with Gasteiger partial charge in [-0.25, -0.2) is 0 Å². The average molecular weight is 222 g/mol. The molecule has 0 spiro atoms. The molecule has 0 saturated heterocycles. The summed E-state index contributed by atoms with van der Waals surface area (Å²) < 4.78 is 0. The van der Waals surface area contributed by atoms with Gasteiger partial charge in [0.2, 0.25) is 0 Å². The van der Waals surface area contributed by atoms with Crippen molar-refractivity contribution in [2.24, 2.45) is 0 Å². The molecule has 0 aliphatic carbocycles. The van der Waals surface area contributed by atoms with Crippen molar-refractivity contribution in [1.82, 2.24) is 10.6 Å². The van der Waals surface area contributed by atoms with Crippen LogP contribution >= 0.6 is 12.6 Å². The molecule has 1 aromatic rings. The molecule has 2 N–H and O–H groups in total. The molecular weight excluding hydrogens is 212 g/mol. The lowest BCUT2D eigenvalue weighted by molar-refractivity contribution is 0.0896. The maximum Gasteiger partial charge on any atom is 0.253 e. The van der Waals surface area contributed by atoms with E-state index < -0.39 is 0 Å². The van der Waals surface area contributed by atoms with E-state index in [0.717, 1.165) is 0 Å². The first kappa shape index (κ1) is 10.0. The van der Waals surface area contributed by atoms with Crippen LogP contribution in [0.5, 0.6) is 0 Å². The third-order valence-corrected chi connectivity index (χ3v) is 2.48. The first-order chi connectivity index (χ1) is 7.18. The van der Waals surface area contributed by atoms with Gasteiger partial charge in [0.05, 0.1) is 16.5 Å². The summed E-state index contributed by atoms with van der Waals surface area (Å²) in [6.45, 7) is 0.321. The molecule has 1 unspecified atom stereocenters. The van der Waals surface area contributed by atoms with Crippen LogP contribution < -0.4 is 10.6 Å². The number of rotatable bonds is 0. The van der Waals surface area contributed by atoms with Gasteiger partial charge >= 0.3 is 0 Å². The molecule has 15 heavy (non-hydrogen) atoms. The molecule has 0 aromatic heterocycles. The number of thiol groups is 1. The van der Waals surface area contributed by atoms with Gasteiger partial charge < -0.3 is 10.6 Å². The lowest BCUT2D eigenvalue weighted by Gasteiger charge is -2.19. The molecule has 1 aliphatic rings. The van der Waals surface area contributed by atoms with E-state index in [0.29, 0.717) is 17.7 Å². The Morgan fingerprint density at radius 2 is 1.73 bits per heavy atom. The smallest absolute Gasteiger partial charge is 0.253 e. The van der Waals surface area contributed by atoms with E-state index in [-0.39, 0.29) is 17.2 Å². The fourth-order valence-corrected chi connectivity index (χ4v) is 1.65. The largest absolute Gasteiger partial charge is 0.349 e. The minimum Gasteiger partial charge on any atom is -0.349 e. The number of hydrogen-bond donors (Lipinski definition) is 3. The Morgan fingerprint density at radius 3 is 2.40 bits per heavy atom. The Kier molecular flexibility index (Phi) is 2.64. The molecule has 5 heteroatoms. The third kappa shape index (κ3) is 1.97. The van der Waals surface area contributed by atoms with Crippen LogP contribution in [-0.2, 0) is 0 Å². The van der Waals surface area contributed by atoms with Crippen molar-refractivity contribution in [2.45, 2.75) is 5.37 Å². The Morgan fingerprint density at radius 1 is 1.13 bits per heavy atom. The second kappa shape index (κ2) is 3.94. The van der Waals surface area contributed by atoms with Gasteiger partial charge in [-0.1, -0.05) is 12.1 Å². The van der Waals surface area contributed by atoms with Gasteiger partial charge in [0, 0.05) is 6.54 Å². The number of carbonyl (C=O) groups is 2. The van der Waals surface area contributed by atoms with Crippen LogP contribution in [0.1, 0.15) is 20.7 Å². The van der Waals surface area contributed by atoms with E-state index in [4.69, 9.17) is 0 Å². The molecule has 0 radical (unpaired) electrons. The van der Waals surface area contributed by atoms with Gasteiger partial charge in [-0.2, -0.15) is 12.6 Å². The van der Waals surface area contributed by atoms with Crippen LogP contribution in [0, 0.1) is 0 Å². The van der Waals surface area contributed by atoms with Crippen LogP contribution in [-0.4, -0.2) is 23.7 Å². The van der Waals surface area contributed by atoms with Gasteiger partial charge in [-0.15, -0.1) is 0 Å². The predicted molar refractivity (Wildman–Crippen MR) is 59.0 cm³/mol. The molecular formula is C10H10N2O2S. The molecule has 2 amide bonds. The fourth-order valence-electron chi connectivity index (χ4n) is 1.44. The summed E-state index contributed by atoms with van der Waals surface area (Å²) in [6, 6.07) is 6.70. The zero-order valence-corrected chi connectivity index (χ0v) is 8.75. The van der Waals surface area contributed by atoms with Crippen molar-refractivity contribution in [3.05, 3.63) is 35.4 Å². The van der Waals surface area contributed by atoms with Gasteiger partial charge in [-0.3, -0.25) is 9.59 Å². The number of benzene rings is 1. The zero-order chi connectivity index (χ0) is 10.8. The van der Waals surface area contributed by atoms with E-state index in [2.05, 4.69) is 23.3 Å². The highest BCUT2D eigenvalue weighted by Crippen LogP contribution is 2.11. The van der Waals surface area contributed by atoms with E-state index in [1.54, 1.807) is 24.3 Å². The molecule has 78 valence electrons. The van der Waals surface area contributed by atoms with Crippen molar-refractivity contribution in [1.29, 1.82) is 0 Å². The summed E-state index contributed by atoms with van der Waals surface area (Å²) in [5, 5.41) is 5.00. The molecule has 1 aliphatic heterocycles. The monoisotopic (exact) mass is 222 g/mol. The quantitative estimate of drug-likeness (QED) is 0.557. The average Bonchev–Trinajstić information content (AvgIpc) is 2.24. The number of amides is 2. The van der Waals surface area contributed by atoms with Gasteiger partial charge in [0.1, 0.15) is 0 Å². The summed E-state index contributed by atoms with van der Waals surface area (Å²) in [5.74, 6) is -0.500. The molecule has 4 nitrogen and oxygen atoms in total. The van der Waals surface area contributed by atoms with Gasteiger partial charge in [-0.05, 0) is 12.1 Å². The SMILES string of the molecule is O=C1NCC(S)NC(=O)c2ccccc21. The van der Waals surface area contributed by atoms with Crippen LogP contribution in [0.2, 0.25) is 0 Å². The zero-order valence-electron chi connectivity index (χ0n) is 7.86. The first-order valence-electron chi connectivity index (χ1n) is 4.54. The minimum absolute atomic E-state index is 0.237.